The summed E-state index contributed by atoms with van der Waals surface area (Å²) in [6, 6.07) is 23.1. The second-order valence-corrected chi connectivity index (χ2v) is 6.14. The van der Waals surface area contributed by atoms with Gasteiger partial charge in [-0.05, 0) is 34.9 Å². The molecule has 6 heteroatoms. The van der Waals surface area contributed by atoms with Crippen molar-refractivity contribution >= 4 is 5.91 Å². The van der Waals surface area contributed by atoms with Gasteiger partial charge in [0.25, 0.3) is 5.91 Å². The molecule has 1 amide bonds. The Labute approximate surface area is 160 Å². The van der Waals surface area contributed by atoms with Crippen LogP contribution in [-0.2, 0) is 6.54 Å². The van der Waals surface area contributed by atoms with Crippen molar-refractivity contribution in [1.29, 1.82) is 0 Å². The van der Waals surface area contributed by atoms with Crippen molar-refractivity contribution < 1.29 is 22.7 Å². The van der Waals surface area contributed by atoms with Crippen LogP contribution in [0.3, 0.4) is 0 Å². The van der Waals surface area contributed by atoms with E-state index in [0.717, 1.165) is 16.7 Å². The van der Waals surface area contributed by atoms with E-state index in [1.165, 1.54) is 12.1 Å². The molecule has 3 nitrogen and oxygen atoms in total. The monoisotopic (exact) mass is 385 g/mol. The fourth-order valence-corrected chi connectivity index (χ4v) is 2.70. The zero-order valence-electron chi connectivity index (χ0n) is 14.9. The fourth-order valence-electron chi connectivity index (χ4n) is 2.70. The normalized spacial score (nSPS) is 11.1. The van der Waals surface area contributed by atoms with Crippen LogP contribution < -0.4 is 10.1 Å². The van der Waals surface area contributed by atoms with Crippen LogP contribution in [0.4, 0.5) is 13.2 Å². The van der Waals surface area contributed by atoms with Crippen LogP contribution in [0.1, 0.15) is 15.9 Å². The lowest BCUT2D eigenvalue weighted by atomic mass is 9.99. The van der Waals surface area contributed by atoms with Gasteiger partial charge in [0, 0.05) is 12.1 Å². The van der Waals surface area contributed by atoms with Gasteiger partial charge < -0.3 is 10.1 Å². The van der Waals surface area contributed by atoms with Crippen LogP contribution in [0.5, 0.6) is 5.75 Å². The van der Waals surface area contributed by atoms with Gasteiger partial charge in [0.1, 0.15) is 5.75 Å². The summed E-state index contributed by atoms with van der Waals surface area (Å²) in [5, 5.41) is 2.84. The maximum absolute atomic E-state index is 12.6. The Hall–Kier alpha value is -3.28. The van der Waals surface area contributed by atoms with E-state index in [1.807, 2.05) is 42.5 Å². The van der Waals surface area contributed by atoms with Gasteiger partial charge in [0.2, 0.25) is 0 Å². The number of hydrogen-bond acceptors (Lipinski definition) is 2. The van der Waals surface area contributed by atoms with Gasteiger partial charge in [0.05, 0.1) is 0 Å². The lowest BCUT2D eigenvalue weighted by molar-refractivity contribution is -0.153. The third-order valence-corrected chi connectivity index (χ3v) is 4.04. The molecule has 3 rings (SSSR count). The lowest BCUT2D eigenvalue weighted by Gasteiger charge is -2.11. The van der Waals surface area contributed by atoms with Crippen LogP contribution in [0.2, 0.25) is 0 Å². The van der Waals surface area contributed by atoms with Crippen molar-refractivity contribution in [3.63, 3.8) is 0 Å². The van der Waals surface area contributed by atoms with Gasteiger partial charge in [-0.25, -0.2) is 0 Å². The molecule has 28 heavy (non-hydrogen) atoms. The quantitative estimate of drug-likeness (QED) is 0.631. The number of alkyl halides is 3. The Balaban J connectivity index is 1.64. The smallest absolute Gasteiger partial charge is 0.422 e. The molecule has 0 radical (unpaired) electrons. The van der Waals surface area contributed by atoms with Gasteiger partial charge >= 0.3 is 6.18 Å². The number of rotatable bonds is 6. The summed E-state index contributed by atoms with van der Waals surface area (Å²) in [7, 11) is 0. The molecular weight excluding hydrogens is 367 g/mol. The average molecular weight is 385 g/mol. The lowest BCUT2D eigenvalue weighted by Crippen LogP contribution is -2.23. The number of carbonyl (C=O) groups is 1. The van der Waals surface area contributed by atoms with Crippen LogP contribution in [0.15, 0.2) is 78.9 Å². The summed E-state index contributed by atoms with van der Waals surface area (Å²) >= 11 is 0. The predicted molar refractivity (Wildman–Crippen MR) is 101 cm³/mol. The van der Waals surface area contributed by atoms with Crippen LogP contribution >= 0.6 is 0 Å². The second-order valence-electron chi connectivity index (χ2n) is 6.14. The van der Waals surface area contributed by atoms with Crippen LogP contribution in [-0.4, -0.2) is 18.7 Å². The first kappa shape index (κ1) is 19.5. The Morgan fingerprint density at radius 2 is 1.50 bits per heavy atom. The summed E-state index contributed by atoms with van der Waals surface area (Å²) in [6.45, 7) is -1.08. The van der Waals surface area contributed by atoms with Crippen molar-refractivity contribution in [2.24, 2.45) is 0 Å². The molecule has 0 atom stereocenters. The van der Waals surface area contributed by atoms with E-state index in [-0.39, 0.29) is 18.2 Å². The number of benzene rings is 3. The number of halogens is 3. The van der Waals surface area contributed by atoms with Gasteiger partial charge in [-0.3, -0.25) is 4.79 Å². The number of hydrogen-bond donors (Lipinski definition) is 1. The SMILES string of the molecule is O=C(NCc1ccc(OCC(F)(F)F)cc1)c1ccccc1-c1ccccc1. The number of ether oxygens (including phenoxy) is 1. The minimum atomic E-state index is -4.38. The van der Waals surface area contributed by atoms with E-state index < -0.39 is 12.8 Å². The molecule has 0 spiro atoms. The molecule has 0 unspecified atom stereocenters. The van der Waals surface area contributed by atoms with E-state index in [2.05, 4.69) is 10.1 Å². The topological polar surface area (TPSA) is 38.3 Å². The molecule has 0 saturated heterocycles. The second kappa shape index (κ2) is 8.61. The van der Waals surface area contributed by atoms with Crippen LogP contribution in [0.25, 0.3) is 11.1 Å². The standard InChI is InChI=1S/C22H18F3NO2/c23-22(24,25)15-28-18-12-10-16(11-13-18)14-26-21(27)20-9-5-4-8-19(20)17-6-2-1-3-7-17/h1-13H,14-15H2,(H,26,27). The Kier molecular flexibility index (Phi) is 5.99. The van der Waals surface area contributed by atoms with Crippen molar-refractivity contribution in [3.05, 3.63) is 90.0 Å². The zero-order chi connectivity index (χ0) is 20.0. The first-order chi connectivity index (χ1) is 13.4. The van der Waals surface area contributed by atoms with Gasteiger partial charge in [-0.1, -0.05) is 60.7 Å². The van der Waals surface area contributed by atoms with Gasteiger partial charge in [-0.15, -0.1) is 0 Å². The Morgan fingerprint density at radius 1 is 0.857 bits per heavy atom. The van der Waals surface area contributed by atoms with Crippen molar-refractivity contribution in [1.82, 2.24) is 5.32 Å². The summed E-state index contributed by atoms with van der Waals surface area (Å²) in [5.74, 6) is -0.0984. The molecule has 0 saturated carbocycles. The molecule has 0 bridgehead atoms. The van der Waals surface area contributed by atoms with Crippen molar-refractivity contribution in [2.45, 2.75) is 12.7 Å². The van der Waals surface area contributed by atoms with E-state index in [0.29, 0.717) is 5.56 Å². The zero-order valence-corrected chi connectivity index (χ0v) is 14.9. The molecule has 0 aliphatic rings. The fraction of sp³-hybridized carbons (Fsp3) is 0.136. The Bertz CT molecular complexity index is 923. The summed E-state index contributed by atoms with van der Waals surface area (Å²) in [6.07, 6.45) is -4.38. The van der Waals surface area contributed by atoms with E-state index >= 15 is 0 Å². The van der Waals surface area contributed by atoms with Crippen molar-refractivity contribution in [3.8, 4) is 16.9 Å². The van der Waals surface area contributed by atoms with E-state index in [1.54, 1.807) is 24.3 Å². The minimum absolute atomic E-state index is 0.127. The number of carbonyl (C=O) groups excluding carboxylic acids is 1. The average Bonchev–Trinajstić information content (AvgIpc) is 2.71. The summed E-state index contributed by atoms with van der Waals surface area (Å²) in [5.41, 5.74) is 3.08. The third-order valence-electron chi connectivity index (χ3n) is 4.04. The Morgan fingerprint density at radius 3 is 2.18 bits per heavy atom. The third kappa shape index (κ3) is 5.36. The minimum Gasteiger partial charge on any atom is -0.484 e. The molecule has 0 aliphatic carbocycles. The first-order valence-electron chi connectivity index (χ1n) is 8.63. The van der Waals surface area contributed by atoms with E-state index in [9.17, 15) is 18.0 Å². The number of amides is 1. The van der Waals surface area contributed by atoms with E-state index in [4.69, 9.17) is 0 Å². The van der Waals surface area contributed by atoms with Gasteiger partial charge in [-0.2, -0.15) is 13.2 Å². The maximum atomic E-state index is 12.6. The highest BCUT2D eigenvalue weighted by Gasteiger charge is 2.28. The molecule has 0 aromatic heterocycles. The molecule has 144 valence electrons. The highest BCUT2D eigenvalue weighted by molar-refractivity contribution is 6.00. The first-order valence-corrected chi connectivity index (χ1v) is 8.63. The maximum Gasteiger partial charge on any atom is 0.422 e. The summed E-state index contributed by atoms with van der Waals surface area (Å²) in [4.78, 5) is 12.6. The van der Waals surface area contributed by atoms with Gasteiger partial charge in [0.15, 0.2) is 6.61 Å². The molecule has 0 heterocycles. The highest BCUT2D eigenvalue weighted by atomic mass is 19.4. The molecule has 3 aromatic carbocycles. The molecule has 0 fully saturated rings. The van der Waals surface area contributed by atoms with Crippen LogP contribution in [0, 0.1) is 0 Å². The molecule has 0 aliphatic heterocycles. The molecule has 3 aromatic rings. The predicted octanol–water partition coefficient (Wildman–Crippen LogP) is 5.22. The highest BCUT2D eigenvalue weighted by Crippen LogP contribution is 2.23. The summed E-state index contributed by atoms with van der Waals surface area (Å²) < 4.78 is 41.2. The number of nitrogens with one attached hydrogen (secondary N) is 1. The largest absolute Gasteiger partial charge is 0.484 e. The molecular formula is C22H18F3NO2. The van der Waals surface area contributed by atoms with Crippen molar-refractivity contribution in [2.75, 3.05) is 6.61 Å². The molecule has 1 N–H and O–H groups in total.